The molecule has 1 rings (SSSR count). The number of carbonyl (C=O) groups is 12. The zero-order valence-corrected chi connectivity index (χ0v) is 44.2. The molecule has 0 aliphatic rings. The molecular weight excluding hydrogens is 1050 g/mol. The minimum Gasteiger partial charge on any atom is -0.451 e. The number of oxazole rings is 1. The Bertz CT molecular complexity index is 2230. The van der Waals surface area contributed by atoms with Crippen LogP contribution in [0.2, 0.25) is 0 Å². The maximum absolute atomic E-state index is 14.2. The maximum atomic E-state index is 14.2. The van der Waals surface area contributed by atoms with Crippen molar-refractivity contribution in [3.8, 4) is 0 Å². The lowest BCUT2D eigenvalue weighted by Crippen LogP contribution is -2.61. The van der Waals surface area contributed by atoms with Crippen molar-refractivity contribution in [2.75, 3.05) is 39.3 Å². The number of nitrogens with one attached hydrogen (secondary N) is 10. The van der Waals surface area contributed by atoms with E-state index in [9.17, 15) is 72.9 Å². The van der Waals surface area contributed by atoms with Gasteiger partial charge < -0.3 is 107 Å². The Kier molecular flexibility index (Phi) is 32.2. The average Bonchev–Trinajstić information content (AvgIpc) is 3.94. The van der Waals surface area contributed by atoms with Gasteiger partial charge in [-0.05, 0) is 78.7 Å². The van der Waals surface area contributed by atoms with Crippen molar-refractivity contribution in [2.24, 2.45) is 39.4 Å². The summed E-state index contributed by atoms with van der Waals surface area (Å²) in [5.74, 6) is -11.7. The third kappa shape index (κ3) is 27.7. The molecular formula is C45H78N18O16. The SMILES string of the molecule is C[C@H](NC(=O)[C@@H](NC(=O)[C@H](CCC(N)=O)NC(=O)[C@@H](N)CCCCN)[C@@H](C)O)C(=O)N[C@@H](CCCN=C(N)N)C(=O)N[C@@H](CCCCNC(=O)c1cocn1)C(=O)N[C@@H](CO)C(=O)N[C@H](C(=O)NCC(=O)NCC(N)=O)[C@@H](C)O. The molecule has 1 aromatic heterocycles. The second-order valence-electron chi connectivity index (χ2n) is 18.0. The van der Waals surface area contributed by atoms with E-state index in [4.69, 9.17) is 38.8 Å². The van der Waals surface area contributed by atoms with Gasteiger partial charge in [0.25, 0.3) is 5.91 Å². The standard InChI is InChI=1S/C45H78N18O16/c1-22(57-44(78)35(24(3)66)63-41(75)28(12-13-31(48)67)59-37(71)25(47)9-4-6-14-46)36(70)58-27(11-8-16-53-45(50)51)39(73)60-26(10-5-7-15-52-38(72)30-20-79-21-56-30)40(74)61-29(19-64)42(76)62-34(23(2)65)43(77)55-18-33(69)54-17-32(49)68/h20-29,34-35,64-66H,4-19,46-47H2,1-3H3,(H2,48,67)(H2,49,68)(H,52,72)(H,54,69)(H,55,77)(H,57,78)(H,58,70)(H,59,71)(H,60,73)(H,61,74)(H,62,76)(H,63,75)(H4,50,51,53)/t22-,23+,24+,25-,26-,27-,28-,29-,34-,35-/m0/s1. The van der Waals surface area contributed by atoms with E-state index in [1.807, 2.05) is 0 Å². The molecule has 10 atom stereocenters. The Hall–Kier alpha value is -8.08. The number of aliphatic imine (C=N–C) groups is 1. The second kappa shape index (κ2) is 36.9. The van der Waals surface area contributed by atoms with Gasteiger partial charge in [-0.1, -0.05) is 6.42 Å². The van der Waals surface area contributed by atoms with Crippen LogP contribution in [0.25, 0.3) is 0 Å². The number of amides is 12. The zero-order valence-electron chi connectivity index (χ0n) is 44.2. The molecule has 0 aromatic carbocycles. The Labute approximate surface area is 454 Å². The number of aliphatic hydroxyl groups excluding tert-OH is 3. The van der Waals surface area contributed by atoms with Gasteiger partial charge in [-0.25, -0.2) is 4.98 Å². The minimum atomic E-state index is -1.84. The lowest BCUT2D eigenvalue weighted by atomic mass is 10.0. The minimum absolute atomic E-state index is 0.0179. The Morgan fingerprint density at radius 2 is 1.11 bits per heavy atom. The Balaban J connectivity index is 3.40. The quantitative estimate of drug-likeness (QED) is 0.0165. The van der Waals surface area contributed by atoms with E-state index in [1.54, 1.807) is 0 Å². The van der Waals surface area contributed by atoms with E-state index >= 15 is 0 Å². The van der Waals surface area contributed by atoms with E-state index in [1.165, 1.54) is 6.92 Å². The average molecular weight is 1130 g/mol. The van der Waals surface area contributed by atoms with E-state index in [0.717, 1.165) is 26.5 Å². The van der Waals surface area contributed by atoms with E-state index in [-0.39, 0.29) is 76.1 Å². The smallest absolute Gasteiger partial charge is 0.273 e. The van der Waals surface area contributed by atoms with Crippen LogP contribution in [0, 0.1) is 0 Å². The molecule has 0 fully saturated rings. The van der Waals surface area contributed by atoms with Crippen molar-refractivity contribution in [1.29, 1.82) is 0 Å². The molecule has 444 valence electrons. The first-order valence-electron chi connectivity index (χ1n) is 25.1. The monoisotopic (exact) mass is 1130 g/mol. The van der Waals surface area contributed by atoms with Crippen LogP contribution in [0.5, 0.6) is 0 Å². The van der Waals surface area contributed by atoms with Crippen LogP contribution in [0.3, 0.4) is 0 Å². The fourth-order valence-corrected chi connectivity index (χ4v) is 6.85. The van der Waals surface area contributed by atoms with Gasteiger partial charge >= 0.3 is 0 Å². The third-order valence-corrected chi connectivity index (χ3v) is 11.3. The number of hydrogen-bond donors (Lipinski definition) is 19. The van der Waals surface area contributed by atoms with E-state index < -0.39 is 151 Å². The van der Waals surface area contributed by atoms with Gasteiger partial charge in [0, 0.05) is 19.5 Å². The first-order valence-corrected chi connectivity index (χ1v) is 25.1. The summed E-state index contributed by atoms with van der Waals surface area (Å²) in [5, 5.41) is 54.4. The van der Waals surface area contributed by atoms with Crippen LogP contribution in [-0.2, 0) is 52.7 Å². The number of rotatable bonds is 39. The highest BCUT2D eigenvalue weighted by atomic mass is 16.3. The first-order chi connectivity index (χ1) is 37.2. The maximum Gasteiger partial charge on any atom is 0.273 e. The van der Waals surface area contributed by atoms with Gasteiger partial charge in [0.05, 0.1) is 37.9 Å². The summed E-state index contributed by atoms with van der Waals surface area (Å²) in [6.07, 6.45) is -0.589. The molecule has 0 saturated heterocycles. The molecule has 0 bridgehead atoms. The predicted molar refractivity (Wildman–Crippen MR) is 277 cm³/mol. The molecule has 0 aliphatic heterocycles. The number of primary amides is 2. The lowest BCUT2D eigenvalue weighted by molar-refractivity contribution is -0.137. The molecule has 34 heteroatoms. The van der Waals surface area contributed by atoms with Crippen molar-refractivity contribution in [3.05, 3.63) is 18.4 Å². The highest BCUT2D eigenvalue weighted by molar-refractivity contribution is 5.98. The predicted octanol–water partition coefficient (Wildman–Crippen LogP) is -9.76. The molecule has 0 spiro atoms. The number of guanidine groups is 1. The van der Waals surface area contributed by atoms with Crippen molar-refractivity contribution in [3.63, 3.8) is 0 Å². The molecule has 0 aliphatic carbocycles. The number of aromatic nitrogens is 1. The van der Waals surface area contributed by atoms with E-state index in [2.05, 4.69) is 63.1 Å². The van der Waals surface area contributed by atoms with Gasteiger partial charge in [0.15, 0.2) is 18.0 Å². The zero-order chi connectivity index (χ0) is 59.8. The Morgan fingerprint density at radius 3 is 1.66 bits per heavy atom. The highest BCUT2D eigenvalue weighted by Gasteiger charge is 2.35. The van der Waals surface area contributed by atoms with Gasteiger partial charge in [-0.3, -0.25) is 62.5 Å². The molecule has 1 heterocycles. The van der Waals surface area contributed by atoms with Gasteiger partial charge in [0.1, 0.15) is 48.6 Å². The molecule has 0 radical (unpaired) electrons. The van der Waals surface area contributed by atoms with Crippen molar-refractivity contribution >= 4 is 76.8 Å². The molecule has 25 N–H and O–H groups in total. The number of aliphatic hydroxyl groups is 3. The molecule has 79 heavy (non-hydrogen) atoms. The van der Waals surface area contributed by atoms with Gasteiger partial charge in [0.2, 0.25) is 65.0 Å². The molecule has 0 unspecified atom stereocenters. The Morgan fingerprint density at radius 1 is 0.582 bits per heavy atom. The summed E-state index contributed by atoms with van der Waals surface area (Å²) in [7, 11) is 0. The van der Waals surface area contributed by atoms with Crippen LogP contribution in [-0.4, -0.2) is 197 Å². The molecule has 1 aromatic rings. The van der Waals surface area contributed by atoms with Crippen LogP contribution >= 0.6 is 0 Å². The van der Waals surface area contributed by atoms with Crippen LogP contribution < -0.4 is 87.6 Å². The normalized spacial score (nSPS) is 14.7. The number of nitrogens with zero attached hydrogens (tertiary/aromatic N) is 2. The van der Waals surface area contributed by atoms with E-state index in [0.29, 0.717) is 19.4 Å². The summed E-state index contributed by atoms with van der Waals surface area (Å²) in [4.78, 5) is 163. The van der Waals surface area contributed by atoms with Crippen molar-refractivity contribution in [1.82, 2.24) is 58.2 Å². The summed E-state index contributed by atoms with van der Waals surface area (Å²) in [6.45, 7) is 1.43. The summed E-state index contributed by atoms with van der Waals surface area (Å²) in [6, 6.07) is -12.5. The fourth-order valence-electron chi connectivity index (χ4n) is 6.85. The number of unbranched alkanes of at least 4 members (excludes halogenated alkanes) is 2. The third-order valence-electron chi connectivity index (χ3n) is 11.3. The highest BCUT2D eigenvalue weighted by Crippen LogP contribution is 2.09. The topological polar surface area (TPSA) is 580 Å². The van der Waals surface area contributed by atoms with Crippen molar-refractivity contribution in [2.45, 2.75) is 146 Å². The molecule has 0 saturated carbocycles. The first kappa shape index (κ1) is 68.9. The summed E-state index contributed by atoms with van der Waals surface area (Å²) in [5.41, 5.74) is 32.6. The van der Waals surface area contributed by atoms with Gasteiger partial charge in [-0.2, -0.15) is 0 Å². The number of carbonyl (C=O) groups excluding carboxylic acids is 12. The largest absolute Gasteiger partial charge is 0.451 e. The van der Waals surface area contributed by atoms with Gasteiger partial charge in [-0.15, -0.1) is 0 Å². The number of nitrogens with two attached hydrogens (primary N) is 6. The number of hydrogen-bond acceptors (Lipinski definition) is 20. The summed E-state index contributed by atoms with van der Waals surface area (Å²) < 4.78 is 4.81. The summed E-state index contributed by atoms with van der Waals surface area (Å²) >= 11 is 0. The van der Waals surface area contributed by atoms with Crippen LogP contribution in [0.15, 0.2) is 22.1 Å². The molecule has 12 amide bonds. The van der Waals surface area contributed by atoms with Crippen molar-refractivity contribution < 1.29 is 77.3 Å². The molecule has 34 nitrogen and oxygen atoms in total. The van der Waals surface area contributed by atoms with Crippen LogP contribution in [0.4, 0.5) is 0 Å². The van der Waals surface area contributed by atoms with Crippen LogP contribution in [0.1, 0.15) is 95.5 Å². The lowest BCUT2D eigenvalue weighted by Gasteiger charge is -2.28. The fraction of sp³-hybridized carbons (Fsp3) is 0.644. The second-order valence-corrected chi connectivity index (χ2v) is 18.0.